The Morgan fingerprint density at radius 3 is 2.55 bits per heavy atom. The summed E-state index contributed by atoms with van der Waals surface area (Å²) in [6.07, 6.45) is 0.958. The lowest BCUT2D eigenvalue weighted by Crippen LogP contribution is -2.52. The number of anilines is 1. The van der Waals surface area contributed by atoms with E-state index in [-0.39, 0.29) is 0 Å². The molecule has 1 saturated heterocycles. The lowest BCUT2D eigenvalue weighted by Gasteiger charge is -2.37. The summed E-state index contributed by atoms with van der Waals surface area (Å²) in [5, 5.41) is 11.9. The molecule has 0 atom stereocenters. The van der Waals surface area contributed by atoms with Gasteiger partial charge in [-0.25, -0.2) is 4.99 Å². The van der Waals surface area contributed by atoms with Crippen LogP contribution in [0.3, 0.4) is 0 Å². The van der Waals surface area contributed by atoms with Gasteiger partial charge in [0.15, 0.2) is 11.8 Å². The van der Waals surface area contributed by atoms with E-state index in [2.05, 4.69) is 55.6 Å². The molecule has 2 aromatic rings. The smallest absolute Gasteiger partial charge is 0.194 e. The number of nitrogens with one attached hydrogen (secondary N) is 1. The molecular weight excluding hydrogens is 366 g/mol. The molecule has 3 rings (SSSR count). The third-order valence-corrected chi connectivity index (χ3v) is 5.21. The topological polar surface area (TPSA) is 70.8 Å². The average Bonchev–Trinajstić information content (AvgIpc) is 3.08. The second kappa shape index (κ2) is 10.8. The molecule has 0 spiro atoms. The van der Waals surface area contributed by atoms with Gasteiger partial charge in [0.25, 0.3) is 0 Å². The average molecular weight is 400 g/mol. The van der Waals surface area contributed by atoms with E-state index in [9.17, 15) is 0 Å². The monoisotopic (exact) mass is 399 g/mol. The number of hydrogen-bond acceptors (Lipinski definition) is 5. The molecule has 0 bridgehead atoms. The summed E-state index contributed by atoms with van der Waals surface area (Å²) in [5.41, 5.74) is 1.28. The van der Waals surface area contributed by atoms with Crippen molar-refractivity contribution in [1.29, 1.82) is 0 Å². The van der Waals surface area contributed by atoms with Gasteiger partial charge in [-0.2, -0.15) is 0 Å². The quantitative estimate of drug-likeness (QED) is 0.415. The van der Waals surface area contributed by atoms with Crippen molar-refractivity contribution in [2.45, 2.75) is 26.8 Å². The molecular formula is C21H33N7O. The third-order valence-electron chi connectivity index (χ3n) is 5.21. The van der Waals surface area contributed by atoms with Crippen LogP contribution in [-0.2, 0) is 18.3 Å². The van der Waals surface area contributed by atoms with Gasteiger partial charge < -0.3 is 24.4 Å². The summed E-state index contributed by atoms with van der Waals surface area (Å²) >= 11 is 0. The molecule has 29 heavy (non-hydrogen) atoms. The van der Waals surface area contributed by atoms with E-state index >= 15 is 0 Å². The molecule has 1 aliphatic rings. The minimum Gasteiger partial charge on any atom is -0.382 e. The largest absolute Gasteiger partial charge is 0.382 e. The van der Waals surface area contributed by atoms with Crippen molar-refractivity contribution in [3.63, 3.8) is 0 Å². The van der Waals surface area contributed by atoms with Crippen LogP contribution in [0.2, 0.25) is 0 Å². The number of nitrogens with zero attached hydrogens (tertiary/aromatic N) is 6. The van der Waals surface area contributed by atoms with Crippen molar-refractivity contribution >= 4 is 11.6 Å². The Bertz CT molecular complexity index is 767. The summed E-state index contributed by atoms with van der Waals surface area (Å²) in [6, 6.07) is 10.6. The zero-order chi connectivity index (χ0) is 20.5. The fourth-order valence-corrected chi connectivity index (χ4v) is 3.34. The van der Waals surface area contributed by atoms with Crippen molar-refractivity contribution in [2.24, 2.45) is 12.0 Å². The second-order valence-corrected chi connectivity index (χ2v) is 7.15. The first-order chi connectivity index (χ1) is 14.2. The molecule has 0 amide bonds. The van der Waals surface area contributed by atoms with Crippen LogP contribution in [0.4, 0.5) is 5.69 Å². The van der Waals surface area contributed by atoms with E-state index in [0.717, 1.165) is 70.0 Å². The first kappa shape index (κ1) is 21.1. The van der Waals surface area contributed by atoms with Crippen LogP contribution in [0.5, 0.6) is 0 Å². The van der Waals surface area contributed by atoms with Crippen molar-refractivity contribution in [3.8, 4) is 0 Å². The molecule has 0 aliphatic carbocycles. The molecule has 1 aliphatic heterocycles. The number of aliphatic imine (C=N–C) groups is 1. The Labute approximate surface area is 173 Å². The Balaban J connectivity index is 1.61. The molecule has 1 N–H and O–H groups in total. The molecule has 8 nitrogen and oxygen atoms in total. The van der Waals surface area contributed by atoms with Crippen molar-refractivity contribution in [1.82, 2.24) is 25.0 Å². The summed E-state index contributed by atoms with van der Waals surface area (Å²) in [7, 11) is 1.98. The predicted octanol–water partition coefficient (Wildman–Crippen LogP) is 1.82. The minimum absolute atomic E-state index is 0.518. The highest BCUT2D eigenvalue weighted by atomic mass is 16.5. The zero-order valence-corrected chi connectivity index (χ0v) is 17.8. The maximum atomic E-state index is 5.45. The second-order valence-electron chi connectivity index (χ2n) is 7.15. The highest BCUT2D eigenvalue weighted by Gasteiger charge is 2.20. The Hall–Kier alpha value is -2.61. The van der Waals surface area contributed by atoms with Crippen molar-refractivity contribution < 1.29 is 4.74 Å². The molecule has 2 heterocycles. The van der Waals surface area contributed by atoms with Gasteiger partial charge >= 0.3 is 0 Å². The standard InChI is InChI=1S/C21H33N7O/c1-4-29-16-8-11-22-21(23-17-20-25-24-18(2)26(20)3)28-14-12-27(13-15-28)19-9-6-5-7-10-19/h5-7,9-10H,4,8,11-17H2,1-3H3,(H,22,23). The third kappa shape index (κ3) is 5.93. The molecule has 0 saturated carbocycles. The van der Waals surface area contributed by atoms with Gasteiger partial charge in [0.1, 0.15) is 12.4 Å². The summed E-state index contributed by atoms with van der Waals surface area (Å²) < 4.78 is 7.44. The number of benzene rings is 1. The van der Waals surface area contributed by atoms with Gasteiger partial charge in [0.2, 0.25) is 0 Å². The minimum atomic E-state index is 0.518. The normalized spacial score (nSPS) is 15.1. The summed E-state index contributed by atoms with van der Waals surface area (Å²) in [4.78, 5) is 9.62. The highest BCUT2D eigenvalue weighted by molar-refractivity contribution is 5.80. The van der Waals surface area contributed by atoms with Crippen LogP contribution in [-0.4, -0.2) is 71.6 Å². The fraction of sp³-hybridized carbons (Fsp3) is 0.571. The van der Waals surface area contributed by atoms with Crippen LogP contribution in [0.15, 0.2) is 35.3 Å². The Morgan fingerprint density at radius 2 is 1.90 bits per heavy atom. The van der Waals surface area contributed by atoms with E-state index in [1.165, 1.54) is 5.69 Å². The number of para-hydroxylation sites is 1. The molecule has 0 unspecified atom stereocenters. The van der Waals surface area contributed by atoms with E-state index in [1.807, 2.05) is 25.5 Å². The van der Waals surface area contributed by atoms with Crippen LogP contribution >= 0.6 is 0 Å². The van der Waals surface area contributed by atoms with E-state index in [1.54, 1.807) is 0 Å². The number of rotatable bonds is 8. The molecule has 158 valence electrons. The van der Waals surface area contributed by atoms with E-state index < -0.39 is 0 Å². The van der Waals surface area contributed by atoms with Gasteiger partial charge in [0.05, 0.1) is 0 Å². The van der Waals surface area contributed by atoms with E-state index in [0.29, 0.717) is 6.54 Å². The molecule has 0 radical (unpaired) electrons. The molecule has 8 heteroatoms. The van der Waals surface area contributed by atoms with Gasteiger partial charge in [-0.05, 0) is 32.4 Å². The number of aryl methyl sites for hydroxylation is 1. The maximum absolute atomic E-state index is 5.45. The Morgan fingerprint density at radius 1 is 1.14 bits per heavy atom. The van der Waals surface area contributed by atoms with Gasteiger partial charge in [0, 0.05) is 58.7 Å². The maximum Gasteiger partial charge on any atom is 0.194 e. The van der Waals surface area contributed by atoms with Crippen LogP contribution in [0.25, 0.3) is 0 Å². The number of piperazine rings is 1. The number of aromatic nitrogens is 3. The SMILES string of the molecule is CCOCCCNC(=NCc1nnc(C)n1C)N1CCN(c2ccccc2)CC1. The number of ether oxygens (including phenoxy) is 1. The molecule has 1 aromatic carbocycles. The lowest BCUT2D eigenvalue weighted by molar-refractivity contribution is 0.145. The van der Waals surface area contributed by atoms with Crippen molar-refractivity contribution in [3.05, 3.63) is 42.0 Å². The van der Waals surface area contributed by atoms with Crippen LogP contribution in [0.1, 0.15) is 25.0 Å². The van der Waals surface area contributed by atoms with Crippen molar-refractivity contribution in [2.75, 3.05) is 50.8 Å². The first-order valence-electron chi connectivity index (χ1n) is 10.4. The van der Waals surface area contributed by atoms with Gasteiger partial charge in [-0.15, -0.1) is 10.2 Å². The lowest BCUT2D eigenvalue weighted by atomic mass is 10.2. The zero-order valence-electron chi connectivity index (χ0n) is 17.8. The predicted molar refractivity (Wildman–Crippen MR) is 116 cm³/mol. The van der Waals surface area contributed by atoms with Crippen LogP contribution in [0, 0.1) is 6.92 Å². The molecule has 1 aromatic heterocycles. The summed E-state index contributed by atoms with van der Waals surface area (Å²) in [6.45, 7) is 10.7. The van der Waals surface area contributed by atoms with Gasteiger partial charge in [-0.1, -0.05) is 18.2 Å². The fourth-order valence-electron chi connectivity index (χ4n) is 3.34. The highest BCUT2D eigenvalue weighted by Crippen LogP contribution is 2.15. The number of guanidine groups is 1. The summed E-state index contributed by atoms with van der Waals surface area (Å²) in [5.74, 6) is 2.71. The first-order valence-corrected chi connectivity index (χ1v) is 10.4. The van der Waals surface area contributed by atoms with Crippen LogP contribution < -0.4 is 10.2 Å². The van der Waals surface area contributed by atoms with Gasteiger partial charge in [-0.3, -0.25) is 0 Å². The molecule has 1 fully saturated rings. The Kier molecular flexibility index (Phi) is 7.86. The van der Waals surface area contributed by atoms with E-state index in [4.69, 9.17) is 9.73 Å². The number of hydrogen-bond donors (Lipinski definition) is 1.